The SMILES string of the molecule is O=C(/C=C/c1ccc(Cl)cc1)N1CCCCC(c2ccc(Cl)cc2)C1. The van der Waals surface area contributed by atoms with Crippen LogP contribution in [0.2, 0.25) is 10.0 Å². The molecule has 2 aromatic rings. The number of nitrogens with zero attached hydrogens (tertiary/aromatic N) is 1. The maximum atomic E-state index is 12.6. The molecule has 2 nitrogen and oxygen atoms in total. The lowest BCUT2D eigenvalue weighted by molar-refractivity contribution is -0.126. The van der Waals surface area contributed by atoms with Crippen molar-refractivity contribution < 1.29 is 4.79 Å². The molecule has 3 rings (SSSR count). The van der Waals surface area contributed by atoms with Crippen LogP contribution in [0.3, 0.4) is 0 Å². The van der Waals surface area contributed by atoms with E-state index in [4.69, 9.17) is 23.2 Å². The maximum absolute atomic E-state index is 12.6. The van der Waals surface area contributed by atoms with E-state index in [-0.39, 0.29) is 5.91 Å². The van der Waals surface area contributed by atoms with Gasteiger partial charge in [0.25, 0.3) is 0 Å². The lowest BCUT2D eigenvalue weighted by atomic mass is 9.94. The van der Waals surface area contributed by atoms with Crippen LogP contribution in [0, 0.1) is 0 Å². The second kappa shape index (κ2) is 8.55. The first-order valence-corrected chi connectivity index (χ1v) is 9.35. The highest BCUT2D eigenvalue weighted by Crippen LogP contribution is 2.27. The molecule has 2 aromatic carbocycles. The number of likely N-dealkylation sites (tertiary alicyclic amines) is 1. The highest BCUT2D eigenvalue weighted by molar-refractivity contribution is 6.30. The third-order valence-corrected chi connectivity index (χ3v) is 5.12. The molecule has 4 heteroatoms. The first kappa shape index (κ1) is 18.0. The van der Waals surface area contributed by atoms with E-state index in [0.29, 0.717) is 10.9 Å². The summed E-state index contributed by atoms with van der Waals surface area (Å²) in [5.41, 5.74) is 2.23. The average Bonchev–Trinajstić information content (AvgIpc) is 2.88. The van der Waals surface area contributed by atoms with Crippen molar-refractivity contribution in [2.75, 3.05) is 13.1 Å². The average molecular weight is 374 g/mol. The summed E-state index contributed by atoms with van der Waals surface area (Å²) in [5.74, 6) is 0.434. The number of halogens is 2. The van der Waals surface area contributed by atoms with Crippen molar-refractivity contribution in [3.8, 4) is 0 Å². The summed E-state index contributed by atoms with van der Waals surface area (Å²) in [4.78, 5) is 14.6. The van der Waals surface area contributed by atoms with E-state index in [1.165, 1.54) is 5.56 Å². The first-order valence-electron chi connectivity index (χ1n) is 8.60. The van der Waals surface area contributed by atoms with Crippen LogP contribution in [0.1, 0.15) is 36.3 Å². The van der Waals surface area contributed by atoms with Gasteiger partial charge in [-0.05, 0) is 54.3 Å². The predicted molar refractivity (Wildman–Crippen MR) is 105 cm³/mol. The van der Waals surface area contributed by atoms with Gasteiger partial charge in [0.15, 0.2) is 0 Å². The van der Waals surface area contributed by atoms with Gasteiger partial charge in [-0.15, -0.1) is 0 Å². The number of carbonyl (C=O) groups excluding carboxylic acids is 1. The molecular formula is C21H21Cl2NO. The van der Waals surface area contributed by atoms with Gasteiger partial charge in [-0.2, -0.15) is 0 Å². The largest absolute Gasteiger partial charge is 0.339 e. The highest BCUT2D eigenvalue weighted by atomic mass is 35.5. The Morgan fingerprint density at radius 1 is 0.960 bits per heavy atom. The Morgan fingerprint density at radius 2 is 1.60 bits per heavy atom. The van der Waals surface area contributed by atoms with Crippen molar-refractivity contribution in [1.29, 1.82) is 0 Å². The number of benzene rings is 2. The fourth-order valence-corrected chi connectivity index (χ4v) is 3.45. The molecule has 1 amide bonds. The van der Waals surface area contributed by atoms with Crippen molar-refractivity contribution >= 4 is 35.2 Å². The third-order valence-electron chi connectivity index (χ3n) is 4.61. The first-order chi connectivity index (χ1) is 12.1. The molecule has 0 aromatic heterocycles. The smallest absolute Gasteiger partial charge is 0.246 e. The number of hydrogen-bond donors (Lipinski definition) is 0. The van der Waals surface area contributed by atoms with E-state index < -0.39 is 0 Å². The molecule has 130 valence electrons. The van der Waals surface area contributed by atoms with Crippen LogP contribution in [-0.2, 0) is 4.79 Å². The number of carbonyl (C=O) groups is 1. The quantitative estimate of drug-likeness (QED) is 0.622. The minimum atomic E-state index is 0.0656. The lowest BCUT2D eigenvalue weighted by Gasteiger charge is -2.23. The lowest BCUT2D eigenvalue weighted by Crippen LogP contribution is -2.32. The minimum Gasteiger partial charge on any atom is -0.339 e. The van der Waals surface area contributed by atoms with Crippen LogP contribution < -0.4 is 0 Å². The summed E-state index contributed by atoms with van der Waals surface area (Å²) in [6.45, 7) is 1.57. The number of amides is 1. The fourth-order valence-electron chi connectivity index (χ4n) is 3.20. The summed E-state index contributed by atoms with van der Waals surface area (Å²) in [5, 5.41) is 1.44. The van der Waals surface area contributed by atoms with Crippen LogP contribution in [0.15, 0.2) is 54.6 Å². The molecule has 0 spiro atoms. The Hall–Kier alpha value is -1.77. The van der Waals surface area contributed by atoms with E-state index >= 15 is 0 Å². The van der Waals surface area contributed by atoms with E-state index in [9.17, 15) is 4.79 Å². The molecule has 0 aliphatic carbocycles. The Balaban J connectivity index is 1.68. The third kappa shape index (κ3) is 5.10. The van der Waals surface area contributed by atoms with Crippen molar-refractivity contribution in [1.82, 2.24) is 4.90 Å². The van der Waals surface area contributed by atoms with Gasteiger partial charge in [0.2, 0.25) is 5.91 Å². The van der Waals surface area contributed by atoms with Crippen LogP contribution in [0.5, 0.6) is 0 Å². The molecule has 0 bridgehead atoms. The highest BCUT2D eigenvalue weighted by Gasteiger charge is 2.21. The molecule has 1 unspecified atom stereocenters. The van der Waals surface area contributed by atoms with E-state index in [1.807, 2.05) is 47.4 Å². The molecule has 25 heavy (non-hydrogen) atoms. The summed E-state index contributed by atoms with van der Waals surface area (Å²) in [6, 6.07) is 15.5. The molecule has 1 aliphatic rings. The summed E-state index contributed by atoms with van der Waals surface area (Å²) in [7, 11) is 0. The molecule has 1 heterocycles. The van der Waals surface area contributed by atoms with Gasteiger partial charge in [0.05, 0.1) is 0 Å². The summed E-state index contributed by atoms with van der Waals surface area (Å²) < 4.78 is 0. The second-order valence-electron chi connectivity index (χ2n) is 6.41. The molecule has 0 radical (unpaired) electrons. The van der Waals surface area contributed by atoms with Crippen LogP contribution in [0.25, 0.3) is 6.08 Å². The zero-order valence-electron chi connectivity index (χ0n) is 14.0. The van der Waals surface area contributed by atoms with Crippen LogP contribution in [0.4, 0.5) is 0 Å². The molecule has 0 N–H and O–H groups in total. The summed E-state index contributed by atoms with van der Waals surface area (Å²) >= 11 is 11.9. The minimum absolute atomic E-state index is 0.0656. The van der Waals surface area contributed by atoms with Crippen molar-refractivity contribution in [3.05, 3.63) is 75.8 Å². The van der Waals surface area contributed by atoms with Crippen LogP contribution >= 0.6 is 23.2 Å². The maximum Gasteiger partial charge on any atom is 0.246 e. The van der Waals surface area contributed by atoms with Gasteiger partial charge < -0.3 is 4.90 Å². The monoisotopic (exact) mass is 373 g/mol. The van der Waals surface area contributed by atoms with Gasteiger partial charge in [-0.3, -0.25) is 4.79 Å². The Morgan fingerprint density at radius 3 is 2.28 bits per heavy atom. The predicted octanol–water partition coefficient (Wildman–Crippen LogP) is 5.80. The molecule has 1 saturated heterocycles. The number of rotatable bonds is 3. The van der Waals surface area contributed by atoms with Crippen molar-refractivity contribution in [2.24, 2.45) is 0 Å². The topological polar surface area (TPSA) is 20.3 Å². The van der Waals surface area contributed by atoms with Gasteiger partial charge in [-0.25, -0.2) is 0 Å². The molecular weight excluding hydrogens is 353 g/mol. The molecule has 1 fully saturated rings. The van der Waals surface area contributed by atoms with Crippen LogP contribution in [-0.4, -0.2) is 23.9 Å². The fraction of sp³-hybridized carbons (Fsp3) is 0.286. The molecule has 1 atom stereocenters. The van der Waals surface area contributed by atoms with Gasteiger partial charge in [-0.1, -0.05) is 53.9 Å². The zero-order chi connectivity index (χ0) is 17.6. The Labute approximate surface area is 159 Å². The van der Waals surface area contributed by atoms with E-state index in [0.717, 1.165) is 42.9 Å². The summed E-state index contributed by atoms with van der Waals surface area (Å²) in [6.07, 6.45) is 6.79. The Bertz CT molecular complexity index is 737. The molecule has 0 saturated carbocycles. The standard InChI is InChI=1S/C21H21Cl2NO/c22-19-9-4-16(5-10-19)6-13-21(25)24-14-2-1-3-18(15-24)17-7-11-20(23)12-8-17/h4-13,18H,1-3,14-15H2/b13-6+. The van der Waals surface area contributed by atoms with Gasteiger partial charge in [0, 0.05) is 35.1 Å². The van der Waals surface area contributed by atoms with Gasteiger partial charge in [0.1, 0.15) is 0 Å². The van der Waals surface area contributed by atoms with Gasteiger partial charge >= 0.3 is 0 Å². The van der Waals surface area contributed by atoms with Crippen molar-refractivity contribution in [3.63, 3.8) is 0 Å². The zero-order valence-corrected chi connectivity index (χ0v) is 15.5. The number of hydrogen-bond acceptors (Lipinski definition) is 1. The normalized spacial score (nSPS) is 18.3. The van der Waals surface area contributed by atoms with E-state index in [2.05, 4.69) is 12.1 Å². The van der Waals surface area contributed by atoms with E-state index in [1.54, 1.807) is 6.08 Å². The van der Waals surface area contributed by atoms with Crippen molar-refractivity contribution in [2.45, 2.75) is 25.2 Å². The molecule has 1 aliphatic heterocycles. The Kier molecular flexibility index (Phi) is 6.17. The second-order valence-corrected chi connectivity index (χ2v) is 7.29.